The molecule has 1 atom stereocenters. The Labute approximate surface area is 94.6 Å². The van der Waals surface area contributed by atoms with Crippen LogP contribution >= 0.6 is 0 Å². The number of piperazine rings is 1. The zero-order valence-corrected chi connectivity index (χ0v) is 9.29. The molecule has 0 aliphatic carbocycles. The van der Waals surface area contributed by atoms with Crippen molar-refractivity contribution in [3.8, 4) is 0 Å². The van der Waals surface area contributed by atoms with Gasteiger partial charge < -0.3 is 15.5 Å². The number of carbonyl (C=O) groups excluding carboxylic acids is 1. The Morgan fingerprint density at radius 2 is 2.19 bits per heavy atom. The number of carbonyl (C=O) groups is 1. The number of benzene rings is 1. The molecule has 0 saturated carbocycles. The molecule has 0 aromatic heterocycles. The lowest BCUT2D eigenvalue weighted by Crippen LogP contribution is -2.67. The molecule has 3 rings (SSSR count). The second-order valence-corrected chi connectivity index (χ2v) is 4.57. The first-order valence-electron chi connectivity index (χ1n) is 5.61. The van der Waals surface area contributed by atoms with Gasteiger partial charge >= 0.3 is 0 Å². The van der Waals surface area contributed by atoms with Crippen LogP contribution in [0.25, 0.3) is 0 Å². The molecule has 1 aromatic carbocycles. The lowest BCUT2D eigenvalue weighted by atomic mass is 9.92. The quantitative estimate of drug-likeness (QED) is 0.676. The Hall–Kier alpha value is -1.55. The number of rotatable bonds is 0. The smallest absolute Gasteiger partial charge is 0.251 e. The molecule has 1 saturated heterocycles. The topological polar surface area (TPSA) is 44.4 Å². The van der Waals surface area contributed by atoms with Crippen LogP contribution in [0.15, 0.2) is 24.3 Å². The summed E-state index contributed by atoms with van der Waals surface area (Å²) in [5.74, 6) is 0.0819. The molecule has 2 N–H and O–H groups in total. The van der Waals surface area contributed by atoms with Gasteiger partial charge in [0.05, 0.1) is 11.4 Å². The fraction of sp³-hybridized carbons (Fsp3) is 0.417. The number of nitrogens with one attached hydrogen (secondary N) is 2. The zero-order chi connectivity index (χ0) is 11.2. The Morgan fingerprint density at radius 1 is 1.38 bits per heavy atom. The van der Waals surface area contributed by atoms with E-state index in [9.17, 15) is 4.79 Å². The Kier molecular flexibility index (Phi) is 1.94. The molecule has 4 nitrogen and oxygen atoms in total. The van der Waals surface area contributed by atoms with Gasteiger partial charge in [-0.05, 0) is 19.1 Å². The van der Waals surface area contributed by atoms with Crippen molar-refractivity contribution >= 4 is 17.3 Å². The Morgan fingerprint density at radius 3 is 3.06 bits per heavy atom. The number of anilines is 2. The molecular weight excluding hydrogens is 202 g/mol. The second-order valence-electron chi connectivity index (χ2n) is 4.57. The van der Waals surface area contributed by atoms with E-state index in [0.29, 0.717) is 6.54 Å². The van der Waals surface area contributed by atoms with Gasteiger partial charge in [-0.25, -0.2) is 0 Å². The highest BCUT2D eigenvalue weighted by atomic mass is 16.2. The average Bonchev–Trinajstić information content (AvgIpc) is 2.30. The van der Waals surface area contributed by atoms with Crippen molar-refractivity contribution in [1.82, 2.24) is 5.32 Å². The molecule has 1 amide bonds. The Bertz CT molecular complexity index is 446. The molecule has 0 spiro atoms. The summed E-state index contributed by atoms with van der Waals surface area (Å²) in [4.78, 5) is 14.3. The monoisotopic (exact) mass is 217 g/mol. The minimum atomic E-state index is -0.452. The van der Waals surface area contributed by atoms with Crippen LogP contribution in [-0.2, 0) is 4.79 Å². The maximum Gasteiger partial charge on any atom is 0.251 e. The average molecular weight is 217 g/mol. The predicted octanol–water partition coefficient (Wildman–Crippen LogP) is 0.807. The van der Waals surface area contributed by atoms with Gasteiger partial charge in [-0.1, -0.05) is 12.1 Å². The molecule has 1 fully saturated rings. The number of fused-ring (bicyclic) bond motifs is 3. The van der Waals surface area contributed by atoms with E-state index in [0.717, 1.165) is 24.5 Å². The van der Waals surface area contributed by atoms with Gasteiger partial charge in [0.2, 0.25) is 0 Å². The van der Waals surface area contributed by atoms with Crippen LogP contribution in [0.5, 0.6) is 0 Å². The van der Waals surface area contributed by atoms with Crippen molar-refractivity contribution in [3.63, 3.8) is 0 Å². The van der Waals surface area contributed by atoms with Crippen molar-refractivity contribution in [2.75, 3.05) is 29.9 Å². The van der Waals surface area contributed by atoms with Crippen molar-refractivity contribution in [2.24, 2.45) is 0 Å². The highest BCUT2D eigenvalue weighted by Gasteiger charge is 2.45. The van der Waals surface area contributed by atoms with Crippen LogP contribution in [0.2, 0.25) is 0 Å². The number of amides is 1. The molecule has 0 radical (unpaired) electrons. The highest BCUT2D eigenvalue weighted by Crippen LogP contribution is 2.36. The summed E-state index contributed by atoms with van der Waals surface area (Å²) >= 11 is 0. The van der Waals surface area contributed by atoms with Gasteiger partial charge in [0, 0.05) is 19.6 Å². The number of para-hydroxylation sites is 2. The van der Waals surface area contributed by atoms with Gasteiger partial charge in [0.25, 0.3) is 5.91 Å². The minimum absolute atomic E-state index is 0.0819. The fourth-order valence-corrected chi connectivity index (χ4v) is 2.53. The van der Waals surface area contributed by atoms with Gasteiger partial charge in [-0.2, -0.15) is 0 Å². The van der Waals surface area contributed by atoms with Gasteiger partial charge in [-0.15, -0.1) is 0 Å². The fourth-order valence-electron chi connectivity index (χ4n) is 2.53. The largest absolute Gasteiger partial charge is 0.353 e. The zero-order valence-electron chi connectivity index (χ0n) is 9.29. The lowest BCUT2D eigenvalue weighted by molar-refractivity contribution is -0.121. The third-order valence-corrected chi connectivity index (χ3v) is 3.51. The predicted molar refractivity (Wildman–Crippen MR) is 63.7 cm³/mol. The molecule has 2 heterocycles. The molecule has 4 heteroatoms. The normalized spacial score (nSPS) is 28.1. The summed E-state index contributed by atoms with van der Waals surface area (Å²) in [7, 11) is 0. The first-order valence-corrected chi connectivity index (χ1v) is 5.61. The van der Waals surface area contributed by atoms with E-state index in [1.54, 1.807) is 0 Å². The van der Waals surface area contributed by atoms with Crippen LogP contribution in [0.4, 0.5) is 11.4 Å². The first-order chi connectivity index (χ1) is 7.72. The van der Waals surface area contributed by atoms with E-state index in [4.69, 9.17) is 0 Å². The maximum atomic E-state index is 12.1. The first kappa shape index (κ1) is 9.66. The summed E-state index contributed by atoms with van der Waals surface area (Å²) < 4.78 is 0. The van der Waals surface area contributed by atoms with E-state index < -0.39 is 5.54 Å². The summed E-state index contributed by atoms with van der Waals surface area (Å²) in [6, 6.07) is 7.98. The van der Waals surface area contributed by atoms with E-state index in [1.165, 1.54) is 0 Å². The van der Waals surface area contributed by atoms with Crippen molar-refractivity contribution in [2.45, 2.75) is 12.5 Å². The summed E-state index contributed by atoms with van der Waals surface area (Å²) in [5, 5.41) is 6.26. The minimum Gasteiger partial charge on any atom is -0.353 e. The molecule has 1 aromatic rings. The molecule has 84 valence electrons. The third kappa shape index (κ3) is 1.16. The number of hydrogen-bond acceptors (Lipinski definition) is 3. The van der Waals surface area contributed by atoms with Crippen LogP contribution in [0.1, 0.15) is 6.92 Å². The standard InChI is InChI=1S/C12H15N3O/c1-12-8-13-6-7-15(12)10-5-3-2-4-9(10)14-11(12)16/h2-5,13H,6-8H2,1H3,(H,14,16). The summed E-state index contributed by atoms with van der Waals surface area (Å²) in [6.07, 6.45) is 0. The van der Waals surface area contributed by atoms with Crippen LogP contribution in [0, 0.1) is 0 Å². The summed E-state index contributed by atoms with van der Waals surface area (Å²) in [5.41, 5.74) is 1.60. The van der Waals surface area contributed by atoms with Gasteiger partial charge in [0.15, 0.2) is 0 Å². The van der Waals surface area contributed by atoms with Gasteiger partial charge in [0.1, 0.15) is 5.54 Å². The van der Waals surface area contributed by atoms with E-state index >= 15 is 0 Å². The molecule has 2 aliphatic heterocycles. The second kappa shape index (κ2) is 3.22. The Balaban J connectivity index is 2.13. The van der Waals surface area contributed by atoms with Crippen molar-refractivity contribution in [3.05, 3.63) is 24.3 Å². The van der Waals surface area contributed by atoms with Crippen molar-refractivity contribution in [1.29, 1.82) is 0 Å². The van der Waals surface area contributed by atoms with E-state index in [1.807, 2.05) is 25.1 Å². The highest BCUT2D eigenvalue weighted by molar-refractivity contribution is 6.06. The molecule has 1 unspecified atom stereocenters. The summed E-state index contributed by atoms with van der Waals surface area (Å²) in [6.45, 7) is 4.50. The van der Waals surface area contributed by atoms with Crippen LogP contribution < -0.4 is 15.5 Å². The van der Waals surface area contributed by atoms with Crippen LogP contribution in [-0.4, -0.2) is 31.1 Å². The maximum absolute atomic E-state index is 12.1. The van der Waals surface area contributed by atoms with Crippen LogP contribution in [0.3, 0.4) is 0 Å². The van der Waals surface area contributed by atoms with Gasteiger partial charge in [-0.3, -0.25) is 4.79 Å². The van der Waals surface area contributed by atoms with Crippen molar-refractivity contribution < 1.29 is 4.79 Å². The molecule has 0 bridgehead atoms. The van der Waals surface area contributed by atoms with E-state index in [-0.39, 0.29) is 5.91 Å². The lowest BCUT2D eigenvalue weighted by Gasteiger charge is -2.48. The third-order valence-electron chi connectivity index (χ3n) is 3.51. The number of nitrogens with zero attached hydrogens (tertiary/aromatic N) is 1. The number of hydrogen-bond donors (Lipinski definition) is 2. The molecule has 16 heavy (non-hydrogen) atoms. The SMILES string of the molecule is CC12CNCCN1c1ccccc1NC2=O. The molecule has 2 aliphatic rings. The molecular formula is C12H15N3O. The van der Waals surface area contributed by atoms with E-state index in [2.05, 4.69) is 21.6 Å².